The van der Waals surface area contributed by atoms with E-state index in [2.05, 4.69) is 6.58 Å². The maximum absolute atomic E-state index is 13.0. The summed E-state index contributed by atoms with van der Waals surface area (Å²) in [5.74, 6) is 0.116. The predicted molar refractivity (Wildman–Crippen MR) is 81.9 cm³/mol. The van der Waals surface area contributed by atoms with Crippen molar-refractivity contribution in [2.24, 2.45) is 0 Å². The SMILES string of the molecule is C=CCC1(c2ccccc2)C(=O)N(C)c2ccccc21. The molecule has 100 valence electrons. The average molecular weight is 263 g/mol. The van der Waals surface area contributed by atoms with Gasteiger partial charge in [0.1, 0.15) is 5.41 Å². The topological polar surface area (TPSA) is 20.3 Å². The van der Waals surface area contributed by atoms with Gasteiger partial charge in [-0.05, 0) is 23.6 Å². The van der Waals surface area contributed by atoms with E-state index in [0.29, 0.717) is 6.42 Å². The van der Waals surface area contributed by atoms with Crippen molar-refractivity contribution in [1.29, 1.82) is 0 Å². The minimum atomic E-state index is -0.631. The number of rotatable bonds is 3. The zero-order valence-electron chi connectivity index (χ0n) is 11.5. The van der Waals surface area contributed by atoms with Gasteiger partial charge in [0.2, 0.25) is 5.91 Å². The first kappa shape index (κ1) is 12.7. The molecule has 1 heterocycles. The minimum absolute atomic E-state index is 0.116. The van der Waals surface area contributed by atoms with Gasteiger partial charge in [-0.25, -0.2) is 0 Å². The summed E-state index contributed by atoms with van der Waals surface area (Å²) in [7, 11) is 1.84. The molecule has 1 unspecified atom stereocenters. The van der Waals surface area contributed by atoms with Crippen LogP contribution in [0.5, 0.6) is 0 Å². The van der Waals surface area contributed by atoms with Gasteiger partial charge >= 0.3 is 0 Å². The maximum atomic E-state index is 13.0. The highest BCUT2D eigenvalue weighted by molar-refractivity contribution is 6.10. The molecule has 20 heavy (non-hydrogen) atoms. The van der Waals surface area contributed by atoms with Crippen LogP contribution in [0.4, 0.5) is 5.69 Å². The summed E-state index contributed by atoms with van der Waals surface area (Å²) in [6, 6.07) is 18.0. The molecule has 3 rings (SSSR count). The van der Waals surface area contributed by atoms with Crippen molar-refractivity contribution in [3.63, 3.8) is 0 Å². The van der Waals surface area contributed by atoms with Gasteiger partial charge in [0.05, 0.1) is 0 Å². The van der Waals surface area contributed by atoms with E-state index < -0.39 is 5.41 Å². The van der Waals surface area contributed by atoms with Gasteiger partial charge in [0, 0.05) is 12.7 Å². The van der Waals surface area contributed by atoms with E-state index >= 15 is 0 Å². The Kier molecular flexibility index (Phi) is 2.94. The van der Waals surface area contributed by atoms with Crippen molar-refractivity contribution in [3.05, 3.63) is 78.4 Å². The minimum Gasteiger partial charge on any atom is -0.314 e. The number of nitrogens with zero attached hydrogens (tertiary/aromatic N) is 1. The fourth-order valence-corrected chi connectivity index (χ4v) is 3.17. The van der Waals surface area contributed by atoms with Gasteiger partial charge in [-0.2, -0.15) is 0 Å². The van der Waals surface area contributed by atoms with Gasteiger partial charge in [-0.1, -0.05) is 54.6 Å². The molecule has 1 atom stereocenters. The molecular formula is C18H17NO. The molecule has 1 amide bonds. The molecular weight excluding hydrogens is 246 g/mol. The molecule has 1 aliphatic heterocycles. The number of anilines is 1. The molecule has 2 aromatic rings. The number of amides is 1. The highest BCUT2D eigenvalue weighted by atomic mass is 16.2. The van der Waals surface area contributed by atoms with E-state index in [1.54, 1.807) is 4.90 Å². The summed E-state index contributed by atoms with van der Waals surface area (Å²) >= 11 is 0. The van der Waals surface area contributed by atoms with Crippen molar-refractivity contribution in [2.45, 2.75) is 11.8 Å². The van der Waals surface area contributed by atoms with E-state index in [-0.39, 0.29) is 5.91 Å². The number of fused-ring (bicyclic) bond motifs is 1. The summed E-state index contributed by atoms with van der Waals surface area (Å²) in [5.41, 5.74) is 2.46. The zero-order chi connectivity index (χ0) is 14.2. The Balaban J connectivity index is 2.31. The van der Waals surface area contributed by atoms with Crippen molar-refractivity contribution >= 4 is 11.6 Å². The second-order valence-corrected chi connectivity index (χ2v) is 5.15. The number of hydrogen-bond acceptors (Lipinski definition) is 1. The Morgan fingerprint density at radius 3 is 2.45 bits per heavy atom. The highest BCUT2D eigenvalue weighted by Gasteiger charge is 2.49. The summed E-state index contributed by atoms with van der Waals surface area (Å²) < 4.78 is 0. The fraction of sp³-hybridized carbons (Fsp3) is 0.167. The summed E-state index contributed by atoms with van der Waals surface area (Å²) in [6.45, 7) is 3.86. The lowest BCUT2D eigenvalue weighted by Gasteiger charge is -2.27. The van der Waals surface area contributed by atoms with Crippen molar-refractivity contribution in [3.8, 4) is 0 Å². The quantitative estimate of drug-likeness (QED) is 0.776. The van der Waals surface area contributed by atoms with Gasteiger partial charge in [0.25, 0.3) is 0 Å². The number of allylic oxidation sites excluding steroid dienone is 1. The fourth-order valence-electron chi connectivity index (χ4n) is 3.17. The van der Waals surface area contributed by atoms with Crippen molar-refractivity contribution in [1.82, 2.24) is 0 Å². The average Bonchev–Trinajstić information content (AvgIpc) is 2.72. The molecule has 0 spiro atoms. The molecule has 0 bridgehead atoms. The lowest BCUT2D eigenvalue weighted by molar-refractivity contribution is -0.121. The smallest absolute Gasteiger partial charge is 0.242 e. The summed E-state index contributed by atoms with van der Waals surface area (Å²) in [6.07, 6.45) is 2.44. The number of carbonyl (C=O) groups excluding carboxylic acids is 1. The van der Waals surface area contributed by atoms with Crippen LogP contribution in [0.3, 0.4) is 0 Å². The highest BCUT2D eigenvalue weighted by Crippen LogP contribution is 2.47. The lowest BCUT2D eigenvalue weighted by atomic mass is 9.73. The Hall–Kier alpha value is -2.35. The standard InChI is InChI=1S/C18H17NO/c1-3-13-18(14-9-5-4-6-10-14)15-11-7-8-12-16(15)19(2)17(18)20/h3-12H,1,13H2,2H3. The van der Waals surface area contributed by atoms with Crippen LogP contribution in [0, 0.1) is 0 Å². The van der Waals surface area contributed by atoms with E-state index in [9.17, 15) is 4.79 Å². The normalized spacial score (nSPS) is 20.9. The van der Waals surface area contributed by atoms with Crippen LogP contribution in [0.25, 0.3) is 0 Å². The lowest BCUT2D eigenvalue weighted by Crippen LogP contribution is -2.39. The molecule has 2 nitrogen and oxygen atoms in total. The molecule has 0 radical (unpaired) electrons. The van der Waals surface area contributed by atoms with Crippen LogP contribution in [0.1, 0.15) is 17.5 Å². The van der Waals surface area contributed by atoms with E-state index in [0.717, 1.165) is 16.8 Å². The third-order valence-electron chi connectivity index (χ3n) is 4.11. The Bertz CT molecular complexity index is 662. The second kappa shape index (κ2) is 4.64. The van der Waals surface area contributed by atoms with Crippen LogP contribution >= 0.6 is 0 Å². The van der Waals surface area contributed by atoms with Crippen LogP contribution in [0.2, 0.25) is 0 Å². The van der Waals surface area contributed by atoms with Crippen LogP contribution in [-0.2, 0) is 10.2 Å². The third kappa shape index (κ3) is 1.54. The maximum Gasteiger partial charge on any atom is 0.242 e. The molecule has 2 heteroatoms. The Labute approximate surface area is 119 Å². The largest absolute Gasteiger partial charge is 0.314 e. The molecule has 0 saturated heterocycles. The number of para-hydroxylation sites is 1. The second-order valence-electron chi connectivity index (χ2n) is 5.15. The monoisotopic (exact) mass is 263 g/mol. The van der Waals surface area contributed by atoms with E-state index in [1.165, 1.54) is 0 Å². The van der Waals surface area contributed by atoms with Crippen LogP contribution < -0.4 is 4.90 Å². The van der Waals surface area contributed by atoms with Crippen LogP contribution in [-0.4, -0.2) is 13.0 Å². The molecule has 1 aliphatic rings. The molecule has 0 N–H and O–H groups in total. The first-order chi connectivity index (χ1) is 9.71. The van der Waals surface area contributed by atoms with Crippen molar-refractivity contribution in [2.75, 3.05) is 11.9 Å². The molecule has 0 aromatic heterocycles. The number of hydrogen-bond donors (Lipinski definition) is 0. The first-order valence-corrected chi connectivity index (χ1v) is 6.76. The number of carbonyl (C=O) groups is 1. The summed E-state index contributed by atoms with van der Waals surface area (Å²) in [4.78, 5) is 14.7. The zero-order valence-corrected chi connectivity index (χ0v) is 11.5. The van der Waals surface area contributed by atoms with Gasteiger partial charge < -0.3 is 4.90 Å². The third-order valence-corrected chi connectivity index (χ3v) is 4.11. The van der Waals surface area contributed by atoms with Crippen LogP contribution in [0.15, 0.2) is 67.3 Å². The van der Waals surface area contributed by atoms with E-state index in [1.807, 2.05) is 67.7 Å². The summed E-state index contributed by atoms with van der Waals surface area (Å²) in [5, 5.41) is 0. The Morgan fingerprint density at radius 1 is 1.10 bits per heavy atom. The van der Waals surface area contributed by atoms with Gasteiger partial charge in [0.15, 0.2) is 0 Å². The van der Waals surface area contributed by atoms with E-state index in [4.69, 9.17) is 0 Å². The molecule has 2 aromatic carbocycles. The van der Waals surface area contributed by atoms with Gasteiger partial charge in [-0.15, -0.1) is 6.58 Å². The predicted octanol–water partition coefficient (Wildman–Crippen LogP) is 3.53. The molecule has 0 fully saturated rings. The van der Waals surface area contributed by atoms with Gasteiger partial charge in [-0.3, -0.25) is 4.79 Å². The molecule has 0 saturated carbocycles. The van der Waals surface area contributed by atoms with Crippen molar-refractivity contribution < 1.29 is 4.79 Å². The molecule has 0 aliphatic carbocycles. The number of benzene rings is 2. The number of likely N-dealkylation sites (N-methyl/N-ethyl adjacent to an activating group) is 1. The first-order valence-electron chi connectivity index (χ1n) is 6.76. The Morgan fingerprint density at radius 2 is 1.75 bits per heavy atom.